The van der Waals surface area contributed by atoms with Gasteiger partial charge in [-0.3, -0.25) is 0 Å². The van der Waals surface area contributed by atoms with E-state index in [-0.39, 0.29) is 0 Å². The Morgan fingerprint density at radius 2 is 1.53 bits per heavy atom. The van der Waals surface area contributed by atoms with E-state index >= 15 is 0 Å². The van der Waals surface area contributed by atoms with Crippen LogP contribution in [0.4, 0.5) is 11.4 Å². The largest absolute Gasteiger partial charge is 0.497 e. The van der Waals surface area contributed by atoms with Gasteiger partial charge >= 0.3 is 0 Å². The highest BCUT2D eigenvalue weighted by molar-refractivity contribution is 5.63. The van der Waals surface area contributed by atoms with Crippen LogP contribution in [0, 0.1) is 6.92 Å². The average molecular weight is 226 g/mol. The van der Waals surface area contributed by atoms with Crippen molar-refractivity contribution in [3.8, 4) is 5.75 Å². The van der Waals surface area contributed by atoms with Gasteiger partial charge in [-0.25, -0.2) is 0 Å². The third-order valence-corrected chi connectivity index (χ3v) is 2.68. The summed E-state index contributed by atoms with van der Waals surface area (Å²) in [5.41, 5.74) is 2.26. The highest BCUT2D eigenvalue weighted by atomic mass is 16.5. The third kappa shape index (κ3) is 2.59. The van der Waals surface area contributed by atoms with Gasteiger partial charge in [0.05, 0.1) is 7.11 Å². The van der Waals surface area contributed by atoms with Gasteiger partial charge in [0.1, 0.15) is 5.75 Å². The molecule has 2 aromatic rings. The lowest BCUT2D eigenvalue weighted by Gasteiger charge is -2.23. The zero-order valence-corrected chi connectivity index (χ0v) is 9.97. The summed E-state index contributed by atoms with van der Waals surface area (Å²) in [6, 6.07) is 18.2. The van der Waals surface area contributed by atoms with Crippen LogP contribution in [0.5, 0.6) is 5.75 Å². The van der Waals surface area contributed by atoms with Crippen LogP contribution in [-0.2, 0) is 0 Å². The van der Waals surface area contributed by atoms with E-state index < -0.39 is 0 Å². The molecule has 2 nitrogen and oxygen atoms in total. The van der Waals surface area contributed by atoms with Gasteiger partial charge in [-0.1, -0.05) is 18.2 Å². The zero-order valence-electron chi connectivity index (χ0n) is 9.97. The van der Waals surface area contributed by atoms with Gasteiger partial charge in [0, 0.05) is 17.9 Å². The van der Waals surface area contributed by atoms with Crippen molar-refractivity contribution in [3.63, 3.8) is 0 Å². The van der Waals surface area contributed by atoms with Crippen LogP contribution >= 0.6 is 0 Å². The quantitative estimate of drug-likeness (QED) is 0.788. The van der Waals surface area contributed by atoms with Crippen molar-refractivity contribution in [2.75, 3.05) is 18.6 Å². The number of hydrogen-bond donors (Lipinski definition) is 0. The highest BCUT2D eigenvalue weighted by Crippen LogP contribution is 2.26. The Morgan fingerprint density at radius 3 is 2.06 bits per heavy atom. The van der Waals surface area contributed by atoms with Crippen molar-refractivity contribution in [3.05, 3.63) is 61.5 Å². The number of anilines is 2. The molecule has 0 N–H and O–H groups in total. The fourth-order valence-electron chi connectivity index (χ4n) is 1.78. The first-order valence-corrected chi connectivity index (χ1v) is 5.61. The Kier molecular flexibility index (Phi) is 3.66. The molecule has 2 aromatic carbocycles. The average Bonchev–Trinajstić information content (AvgIpc) is 2.42. The number of rotatable bonds is 4. The molecule has 0 unspecified atom stereocenters. The second kappa shape index (κ2) is 5.39. The Labute approximate surface area is 102 Å². The van der Waals surface area contributed by atoms with Gasteiger partial charge in [-0.05, 0) is 43.3 Å². The summed E-state index contributed by atoms with van der Waals surface area (Å²) in [6.45, 7) is 4.67. The molecule has 0 aliphatic carbocycles. The van der Waals surface area contributed by atoms with Crippen LogP contribution in [0.15, 0.2) is 54.6 Å². The number of ether oxygens (including phenoxy) is 1. The molecule has 0 aromatic heterocycles. The van der Waals surface area contributed by atoms with Crippen LogP contribution in [-0.4, -0.2) is 13.7 Å². The fourth-order valence-corrected chi connectivity index (χ4v) is 1.78. The topological polar surface area (TPSA) is 12.5 Å². The number of hydrogen-bond acceptors (Lipinski definition) is 2. The van der Waals surface area contributed by atoms with Crippen molar-refractivity contribution in [2.45, 2.75) is 0 Å². The smallest absolute Gasteiger partial charge is 0.119 e. The molecular formula is C15H16NO. The van der Waals surface area contributed by atoms with E-state index in [0.717, 1.165) is 17.1 Å². The van der Waals surface area contributed by atoms with Crippen LogP contribution in [0.2, 0.25) is 0 Å². The molecule has 0 aliphatic rings. The normalized spacial score (nSPS) is 10.0. The minimum absolute atomic E-state index is 0.691. The van der Waals surface area contributed by atoms with Crippen LogP contribution < -0.4 is 9.64 Å². The Hall–Kier alpha value is -1.96. The molecule has 0 saturated carbocycles. The predicted octanol–water partition coefficient (Wildman–Crippen LogP) is 3.67. The first-order valence-electron chi connectivity index (χ1n) is 5.61. The summed E-state index contributed by atoms with van der Waals surface area (Å²) in [5, 5.41) is 0. The van der Waals surface area contributed by atoms with E-state index in [4.69, 9.17) is 4.74 Å². The first kappa shape index (κ1) is 11.5. The van der Waals surface area contributed by atoms with Crippen molar-refractivity contribution in [1.29, 1.82) is 0 Å². The molecule has 0 bridgehead atoms. The number of para-hydroxylation sites is 1. The molecule has 87 valence electrons. The molecule has 0 saturated heterocycles. The van der Waals surface area contributed by atoms with Crippen LogP contribution in [0.1, 0.15) is 0 Å². The van der Waals surface area contributed by atoms with Crippen LogP contribution in [0.25, 0.3) is 0 Å². The minimum Gasteiger partial charge on any atom is -0.497 e. The van der Waals surface area contributed by atoms with Gasteiger partial charge in [0.2, 0.25) is 0 Å². The van der Waals surface area contributed by atoms with Gasteiger partial charge in [-0.15, -0.1) is 0 Å². The number of benzene rings is 2. The van der Waals surface area contributed by atoms with Crippen molar-refractivity contribution >= 4 is 11.4 Å². The highest BCUT2D eigenvalue weighted by Gasteiger charge is 2.06. The summed E-state index contributed by atoms with van der Waals surface area (Å²) in [4.78, 5) is 2.15. The maximum atomic E-state index is 5.15. The Bertz CT molecular complexity index is 450. The van der Waals surface area contributed by atoms with E-state index in [1.807, 2.05) is 42.5 Å². The maximum Gasteiger partial charge on any atom is 0.119 e. The molecule has 0 heterocycles. The lowest BCUT2D eigenvalue weighted by molar-refractivity contribution is 0.415. The number of nitrogens with zero attached hydrogens (tertiary/aromatic N) is 1. The molecule has 0 amide bonds. The van der Waals surface area contributed by atoms with Crippen molar-refractivity contribution in [1.82, 2.24) is 0 Å². The third-order valence-electron chi connectivity index (χ3n) is 2.68. The molecule has 2 rings (SSSR count). The maximum absolute atomic E-state index is 5.15. The first-order chi connectivity index (χ1) is 8.35. The Balaban J connectivity index is 2.29. The van der Waals surface area contributed by atoms with E-state index in [2.05, 4.69) is 24.0 Å². The second-order valence-corrected chi connectivity index (χ2v) is 3.69. The van der Waals surface area contributed by atoms with Crippen LogP contribution in [0.3, 0.4) is 0 Å². The van der Waals surface area contributed by atoms with Gasteiger partial charge in [0.15, 0.2) is 0 Å². The SMILES string of the molecule is [CH2]CN(c1ccccc1)c1ccc(OC)cc1. The lowest BCUT2D eigenvalue weighted by atomic mass is 10.2. The molecular weight excluding hydrogens is 210 g/mol. The van der Waals surface area contributed by atoms with Crippen molar-refractivity contribution in [2.24, 2.45) is 0 Å². The summed E-state index contributed by atoms with van der Waals surface area (Å²) < 4.78 is 5.15. The molecule has 1 radical (unpaired) electrons. The Morgan fingerprint density at radius 1 is 0.941 bits per heavy atom. The van der Waals surface area contributed by atoms with E-state index in [0.29, 0.717) is 6.54 Å². The summed E-state index contributed by atoms with van der Waals surface area (Å²) >= 11 is 0. The summed E-state index contributed by atoms with van der Waals surface area (Å²) in [5.74, 6) is 0.867. The summed E-state index contributed by atoms with van der Waals surface area (Å²) in [6.07, 6.45) is 0. The molecule has 0 spiro atoms. The predicted molar refractivity (Wildman–Crippen MR) is 71.8 cm³/mol. The lowest BCUT2D eigenvalue weighted by Crippen LogP contribution is -2.15. The van der Waals surface area contributed by atoms with Crippen molar-refractivity contribution < 1.29 is 4.74 Å². The van der Waals surface area contributed by atoms with Gasteiger partial charge < -0.3 is 9.64 Å². The zero-order chi connectivity index (χ0) is 12.1. The standard InChI is InChI=1S/C15H16NO/c1-3-16(13-7-5-4-6-8-13)14-9-11-15(17-2)12-10-14/h4-12H,1,3H2,2H3. The molecule has 2 heteroatoms. The number of methoxy groups -OCH3 is 1. The molecule has 0 atom stereocenters. The summed E-state index contributed by atoms with van der Waals surface area (Å²) in [7, 11) is 1.67. The minimum atomic E-state index is 0.691. The second-order valence-electron chi connectivity index (χ2n) is 3.69. The van der Waals surface area contributed by atoms with E-state index in [9.17, 15) is 0 Å². The van der Waals surface area contributed by atoms with Gasteiger partial charge in [-0.2, -0.15) is 0 Å². The molecule has 17 heavy (non-hydrogen) atoms. The van der Waals surface area contributed by atoms with Gasteiger partial charge in [0.25, 0.3) is 0 Å². The van der Waals surface area contributed by atoms with E-state index in [1.165, 1.54) is 0 Å². The van der Waals surface area contributed by atoms with E-state index in [1.54, 1.807) is 7.11 Å². The molecule has 0 aliphatic heterocycles. The monoisotopic (exact) mass is 226 g/mol. The molecule has 0 fully saturated rings. The fraction of sp³-hybridized carbons (Fsp3) is 0.133.